The highest BCUT2D eigenvalue weighted by Gasteiger charge is 2.43. The van der Waals surface area contributed by atoms with Crippen LogP contribution in [0.3, 0.4) is 0 Å². The van der Waals surface area contributed by atoms with Gasteiger partial charge in [0, 0.05) is 34.7 Å². The fraction of sp³-hybridized carbons (Fsp3) is 0.333. The fourth-order valence-electron chi connectivity index (χ4n) is 5.15. The summed E-state index contributed by atoms with van der Waals surface area (Å²) in [5.74, 6) is 1.76. The summed E-state index contributed by atoms with van der Waals surface area (Å²) in [4.78, 5) is 13.5. The molecule has 2 aliphatic rings. The van der Waals surface area contributed by atoms with Crippen LogP contribution in [0, 0.1) is 12.3 Å². The van der Waals surface area contributed by atoms with E-state index in [9.17, 15) is 4.79 Å². The Morgan fingerprint density at radius 3 is 2.56 bits per heavy atom. The molecule has 0 fully saturated rings. The quantitative estimate of drug-likeness (QED) is 0.573. The monoisotopic (exact) mass is 427 g/mol. The van der Waals surface area contributed by atoms with Gasteiger partial charge in [0.1, 0.15) is 11.6 Å². The van der Waals surface area contributed by atoms with Crippen molar-refractivity contribution in [1.29, 1.82) is 0 Å². The molecule has 2 aromatic carbocycles. The predicted molar refractivity (Wildman–Crippen MR) is 126 cm³/mol. The minimum absolute atomic E-state index is 0.0863. The lowest BCUT2D eigenvalue weighted by molar-refractivity contribution is -0.118. The average Bonchev–Trinajstić information content (AvgIpc) is 3.09. The number of para-hydroxylation sites is 2. The number of nitrogens with one attached hydrogen (secondary N) is 1. The van der Waals surface area contributed by atoms with E-state index in [1.165, 1.54) is 0 Å². The van der Waals surface area contributed by atoms with Crippen molar-refractivity contribution in [3.63, 3.8) is 0 Å². The van der Waals surface area contributed by atoms with Gasteiger partial charge in [0.05, 0.1) is 18.0 Å². The Morgan fingerprint density at radius 2 is 1.81 bits per heavy atom. The smallest absolute Gasteiger partial charge is 0.162 e. The highest BCUT2D eigenvalue weighted by atomic mass is 16.5. The Bertz CT molecular complexity index is 1220. The molecule has 0 saturated carbocycles. The second-order valence-corrected chi connectivity index (χ2v) is 9.46. The van der Waals surface area contributed by atoms with Crippen LogP contribution in [0.25, 0.3) is 5.69 Å². The number of hydrogen-bond donors (Lipinski definition) is 1. The van der Waals surface area contributed by atoms with Crippen LogP contribution in [-0.4, -0.2) is 22.2 Å². The zero-order valence-electron chi connectivity index (χ0n) is 19.1. The van der Waals surface area contributed by atoms with E-state index >= 15 is 0 Å². The van der Waals surface area contributed by atoms with Gasteiger partial charge in [0.15, 0.2) is 5.78 Å². The molecular weight excluding hydrogens is 398 g/mol. The highest BCUT2D eigenvalue weighted by Crippen LogP contribution is 2.51. The first-order chi connectivity index (χ1) is 15.4. The highest BCUT2D eigenvalue weighted by molar-refractivity contribution is 6.01. The first kappa shape index (κ1) is 20.6. The SMILES string of the molecule is CCOc1ccccc1[C@@H]1C2=C(CC(C)(C)CC2=O)Nc2c1c(C)nn2-c1ccccc1. The molecule has 1 aromatic heterocycles. The number of rotatable bonds is 4. The maximum atomic E-state index is 13.5. The Balaban J connectivity index is 1.78. The van der Waals surface area contributed by atoms with E-state index in [4.69, 9.17) is 9.84 Å². The van der Waals surface area contributed by atoms with Gasteiger partial charge in [0.2, 0.25) is 0 Å². The maximum Gasteiger partial charge on any atom is 0.162 e. The van der Waals surface area contributed by atoms with Gasteiger partial charge in [-0.05, 0) is 43.9 Å². The summed E-state index contributed by atoms with van der Waals surface area (Å²) >= 11 is 0. The van der Waals surface area contributed by atoms with Crippen molar-refractivity contribution in [2.24, 2.45) is 5.41 Å². The second-order valence-electron chi connectivity index (χ2n) is 9.46. The molecule has 32 heavy (non-hydrogen) atoms. The molecule has 0 unspecified atom stereocenters. The van der Waals surface area contributed by atoms with Crippen LogP contribution in [0.15, 0.2) is 65.9 Å². The van der Waals surface area contributed by atoms with Crippen molar-refractivity contribution in [3.8, 4) is 11.4 Å². The maximum absolute atomic E-state index is 13.5. The summed E-state index contributed by atoms with van der Waals surface area (Å²) in [7, 11) is 0. The van der Waals surface area contributed by atoms with Crippen LogP contribution in [0.4, 0.5) is 5.82 Å². The summed E-state index contributed by atoms with van der Waals surface area (Å²) < 4.78 is 7.98. The standard InChI is InChI=1S/C27H29N3O2/c1-5-32-22-14-10-9-13-19(22)24-23-17(2)29-30(18-11-7-6-8-12-18)26(23)28-20-15-27(3,4)16-21(31)25(20)24/h6-14,24,28H,5,15-16H2,1-4H3/t24-/m0/s1. The molecule has 5 nitrogen and oxygen atoms in total. The number of benzene rings is 2. The lowest BCUT2D eigenvalue weighted by atomic mass is 9.69. The lowest BCUT2D eigenvalue weighted by Crippen LogP contribution is -2.34. The Morgan fingerprint density at radius 1 is 1.09 bits per heavy atom. The minimum Gasteiger partial charge on any atom is -0.494 e. The molecule has 0 bridgehead atoms. The van der Waals surface area contributed by atoms with Gasteiger partial charge >= 0.3 is 0 Å². The fourth-order valence-corrected chi connectivity index (χ4v) is 5.15. The van der Waals surface area contributed by atoms with Crippen molar-refractivity contribution in [2.45, 2.75) is 46.5 Å². The molecule has 5 rings (SSSR count). The summed E-state index contributed by atoms with van der Waals surface area (Å²) in [6.45, 7) is 8.91. The van der Waals surface area contributed by atoms with E-state index < -0.39 is 0 Å². The number of allylic oxidation sites excluding steroid dienone is 2. The first-order valence-electron chi connectivity index (χ1n) is 11.3. The zero-order valence-corrected chi connectivity index (χ0v) is 19.1. The number of Topliss-reactive ketones (excluding diaryl/α,β-unsaturated/α-hetero) is 1. The molecule has 0 amide bonds. The van der Waals surface area contributed by atoms with Gasteiger partial charge < -0.3 is 10.1 Å². The number of ether oxygens (including phenoxy) is 1. The van der Waals surface area contributed by atoms with Gasteiger partial charge in [0.25, 0.3) is 0 Å². The molecule has 164 valence electrons. The summed E-state index contributed by atoms with van der Waals surface area (Å²) in [5, 5.41) is 8.55. The molecular formula is C27H29N3O2. The van der Waals surface area contributed by atoms with E-state index in [1.54, 1.807) is 0 Å². The molecule has 0 radical (unpaired) electrons. The topological polar surface area (TPSA) is 56.1 Å². The van der Waals surface area contributed by atoms with Crippen LogP contribution in [0.5, 0.6) is 5.75 Å². The van der Waals surface area contributed by atoms with E-state index in [0.29, 0.717) is 13.0 Å². The third kappa shape index (κ3) is 3.32. The molecule has 1 atom stereocenters. The summed E-state index contributed by atoms with van der Waals surface area (Å²) in [6, 6.07) is 18.2. The van der Waals surface area contributed by atoms with Crippen molar-refractivity contribution in [2.75, 3.05) is 11.9 Å². The molecule has 1 aliphatic heterocycles. The van der Waals surface area contributed by atoms with E-state index in [2.05, 4.69) is 37.4 Å². The average molecular weight is 428 g/mol. The Kier molecular flexibility index (Phi) is 4.92. The molecule has 1 aliphatic carbocycles. The molecule has 0 spiro atoms. The Hall–Kier alpha value is -3.34. The van der Waals surface area contributed by atoms with Crippen LogP contribution in [-0.2, 0) is 4.79 Å². The molecule has 2 heterocycles. The number of fused-ring (bicyclic) bond motifs is 1. The van der Waals surface area contributed by atoms with Crippen LogP contribution >= 0.6 is 0 Å². The normalized spacial score (nSPS) is 19.2. The zero-order chi connectivity index (χ0) is 22.5. The lowest BCUT2D eigenvalue weighted by Gasteiger charge is -2.39. The van der Waals surface area contributed by atoms with Crippen molar-refractivity contribution >= 4 is 11.6 Å². The number of aryl methyl sites for hydroxylation is 1. The number of carbonyl (C=O) groups excluding carboxylic acids is 1. The van der Waals surface area contributed by atoms with Gasteiger partial charge in [-0.1, -0.05) is 50.2 Å². The van der Waals surface area contributed by atoms with Crippen molar-refractivity contribution in [1.82, 2.24) is 9.78 Å². The Labute approximate surface area is 189 Å². The largest absolute Gasteiger partial charge is 0.494 e. The van der Waals surface area contributed by atoms with Gasteiger partial charge in [-0.15, -0.1) is 0 Å². The second kappa shape index (κ2) is 7.66. The van der Waals surface area contributed by atoms with Gasteiger partial charge in [-0.2, -0.15) is 5.10 Å². The first-order valence-corrected chi connectivity index (χ1v) is 11.3. The van der Waals surface area contributed by atoms with Crippen molar-refractivity contribution < 1.29 is 9.53 Å². The predicted octanol–water partition coefficient (Wildman–Crippen LogP) is 5.78. The number of anilines is 1. The minimum atomic E-state index is -0.204. The van der Waals surface area contributed by atoms with Gasteiger partial charge in [-0.3, -0.25) is 4.79 Å². The molecule has 5 heteroatoms. The number of aromatic nitrogens is 2. The number of nitrogens with zero attached hydrogens (tertiary/aromatic N) is 2. The molecule has 3 aromatic rings. The summed E-state index contributed by atoms with van der Waals surface area (Å²) in [5.41, 5.74) is 5.76. The van der Waals surface area contributed by atoms with E-state index in [-0.39, 0.29) is 17.1 Å². The van der Waals surface area contributed by atoms with E-state index in [0.717, 1.165) is 51.8 Å². The van der Waals surface area contributed by atoms with Gasteiger partial charge in [-0.25, -0.2) is 4.68 Å². The summed E-state index contributed by atoms with van der Waals surface area (Å²) in [6.07, 6.45) is 1.36. The third-order valence-electron chi connectivity index (χ3n) is 6.40. The molecule has 1 N–H and O–H groups in total. The van der Waals surface area contributed by atoms with Crippen molar-refractivity contribution in [3.05, 3.63) is 82.7 Å². The van der Waals surface area contributed by atoms with Crippen LogP contribution < -0.4 is 10.1 Å². The number of hydrogen-bond acceptors (Lipinski definition) is 4. The number of carbonyl (C=O) groups is 1. The van der Waals surface area contributed by atoms with E-state index in [1.807, 2.05) is 54.9 Å². The van der Waals surface area contributed by atoms with Crippen LogP contribution in [0.1, 0.15) is 56.4 Å². The molecule has 0 saturated heterocycles. The number of ketones is 1. The third-order valence-corrected chi connectivity index (χ3v) is 6.40. The van der Waals surface area contributed by atoms with Crippen LogP contribution in [0.2, 0.25) is 0 Å².